The summed E-state index contributed by atoms with van der Waals surface area (Å²) in [6.45, 7) is 0. The molecule has 1 aromatic rings. The van der Waals surface area contributed by atoms with Crippen LogP contribution in [-0.4, -0.2) is 0 Å². The van der Waals surface area contributed by atoms with E-state index in [0.29, 0.717) is 0 Å². The Morgan fingerprint density at radius 2 is 2.29 bits per heavy atom. The molecule has 1 aromatic heterocycles. The zero-order valence-electron chi connectivity index (χ0n) is 3.32. The van der Waals surface area contributed by atoms with Crippen LogP contribution >= 0.6 is 49.9 Å². The van der Waals surface area contributed by atoms with Crippen LogP contribution in [-0.2, 0) is 0 Å². The van der Waals surface area contributed by atoms with E-state index in [-0.39, 0.29) is 0 Å². The fourth-order valence-electron chi connectivity index (χ4n) is 0.292. The van der Waals surface area contributed by atoms with Crippen LogP contribution in [0.15, 0.2) is 15.9 Å². The highest BCUT2D eigenvalue weighted by Gasteiger charge is 1.88. The van der Waals surface area contributed by atoms with E-state index < -0.39 is 0 Å². The van der Waals surface area contributed by atoms with E-state index in [2.05, 4.69) is 44.6 Å². The summed E-state index contributed by atoms with van der Waals surface area (Å²) >= 11 is 7.38. The molecular weight excluding hydrogens is 287 g/mol. The standard InChI is InChI=1S/C4H2BrIS/c5-3-1-2-4(6)7-3/h1-2H. The van der Waals surface area contributed by atoms with Crippen molar-refractivity contribution in [2.24, 2.45) is 0 Å². The Morgan fingerprint density at radius 1 is 1.57 bits per heavy atom. The van der Waals surface area contributed by atoms with Crippen LogP contribution in [0.25, 0.3) is 0 Å². The minimum Gasteiger partial charge on any atom is -0.122 e. The van der Waals surface area contributed by atoms with Crippen LogP contribution in [0.2, 0.25) is 0 Å². The summed E-state index contributed by atoms with van der Waals surface area (Å²) < 4.78 is 2.53. The lowest BCUT2D eigenvalue weighted by molar-refractivity contribution is 1.93. The third-order valence-corrected chi connectivity index (χ3v) is 2.97. The van der Waals surface area contributed by atoms with Gasteiger partial charge in [0.2, 0.25) is 0 Å². The Hall–Kier alpha value is 0.910. The fourth-order valence-corrected chi connectivity index (χ4v) is 3.21. The van der Waals surface area contributed by atoms with Gasteiger partial charge in [-0.05, 0) is 50.7 Å². The number of hydrogen-bond donors (Lipinski definition) is 0. The number of thiophene rings is 1. The Bertz CT molecular complexity index is 144. The highest BCUT2D eigenvalue weighted by molar-refractivity contribution is 14.1. The molecule has 0 aromatic carbocycles. The van der Waals surface area contributed by atoms with Gasteiger partial charge in [-0.15, -0.1) is 11.3 Å². The van der Waals surface area contributed by atoms with E-state index >= 15 is 0 Å². The molecule has 0 N–H and O–H groups in total. The second-order valence-corrected chi connectivity index (χ2v) is 5.40. The Balaban J connectivity index is 3.04. The molecule has 0 aliphatic heterocycles. The molecule has 0 saturated heterocycles. The van der Waals surface area contributed by atoms with Gasteiger partial charge in [0.05, 0.1) is 6.67 Å². The first-order valence-corrected chi connectivity index (χ1v) is 4.39. The molecule has 0 bridgehead atoms. The van der Waals surface area contributed by atoms with Gasteiger partial charge in [-0.3, -0.25) is 0 Å². The summed E-state index contributed by atoms with van der Waals surface area (Å²) in [5, 5.41) is 0. The Labute approximate surface area is 68.2 Å². The molecule has 0 aliphatic carbocycles. The highest BCUT2D eigenvalue weighted by Crippen LogP contribution is 2.22. The molecule has 3 heteroatoms. The van der Waals surface area contributed by atoms with Crippen LogP contribution in [0, 0.1) is 2.88 Å². The van der Waals surface area contributed by atoms with Crippen molar-refractivity contribution in [2.45, 2.75) is 0 Å². The van der Waals surface area contributed by atoms with Crippen molar-refractivity contribution < 1.29 is 0 Å². The van der Waals surface area contributed by atoms with Gasteiger partial charge in [-0.1, -0.05) is 0 Å². The monoisotopic (exact) mass is 288 g/mol. The van der Waals surface area contributed by atoms with E-state index in [0.717, 1.165) is 0 Å². The molecule has 1 heterocycles. The minimum atomic E-state index is 1.21. The fraction of sp³-hybridized carbons (Fsp3) is 0. The van der Waals surface area contributed by atoms with Crippen molar-refractivity contribution in [1.82, 2.24) is 0 Å². The van der Waals surface area contributed by atoms with Crippen LogP contribution in [0.4, 0.5) is 0 Å². The molecule has 0 atom stereocenters. The predicted molar refractivity (Wildman–Crippen MR) is 44.7 cm³/mol. The van der Waals surface area contributed by atoms with Gasteiger partial charge >= 0.3 is 0 Å². The van der Waals surface area contributed by atoms with Crippen LogP contribution < -0.4 is 0 Å². The minimum absolute atomic E-state index is 1.21. The van der Waals surface area contributed by atoms with Crippen LogP contribution in [0.5, 0.6) is 0 Å². The van der Waals surface area contributed by atoms with E-state index in [4.69, 9.17) is 0 Å². The molecule has 0 nitrogen and oxygen atoms in total. The average molecular weight is 289 g/mol. The lowest BCUT2D eigenvalue weighted by Crippen LogP contribution is -1.38. The Kier molecular flexibility index (Phi) is 2.12. The summed E-state index contributed by atoms with van der Waals surface area (Å²) in [4.78, 5) is 0. The maximum Gasteiger partial charge on any atom is 0.0709 e. The maximum absolute atomic E-state index is 3.35. The van der Waals surface area contributed by atoms with Crippen molar-refractivity contribution in [2.75, 3.05) is 0 Å². The molecular formula is C4H2BrIS. The average Bonchev–Trinajstić information content (AvgIpc) is 1.87. The lowest BCUT2D eigenvalue weighted by atomic mass is 10.7. The van der Waals surface area contributed by atoms with Gasteiger partial charge in [0, 0.05) is 0 Å². The quantitative estimate of drug-likeness (QED) is 0.644. The molecule has 0 spiro atoms. The zero-order valence-corrected chi connectivity index (χ0v) is 7.88. The number of rotatable bonds is 0. The van der Waals surface area contributed by atoms with Crippen molar-refractivity contribution in [1.29, 1.82) is 0 Å². The summed E-state index contributed by atoms with van der Waals surface area (Å²) in [5.41, 5.74) is 0. The highest BCUT2D eigenvalue weighted by atomic mass is 127. The van der Waals surface area contributed by atoms with Crippen LogP contribution in [0.3, 0.4) is 0 Å². The smallest absolute Gasteiger partial charge is 0.0709 e. The van der Waals surface area contributed by atoms with Crippen molar-refractivity contribution in [3.05, 3.63) is 18.8 Å². The lowest BCUT2D eigenvalue weighted by Gasteiger charge is -1.67. The number of hydrogen-bond acceptors (Lipinski definition) is 1. The van der Waals surface area contributed by atoms with Crippen molar-refractivity contribution >= 4 is 49.9 Å². The molecule has 0 radical (unpaired) electrons. The third kappa shape index (κ3) is 1.70. The van der Waals surface area contributed by atoms with E-state index in [9.17, 15) is 0 Å². The van der Waals surface area contributed by atoms with Gasteiger partial charge in [0.1, 0.15) is 0 Å². The van der Waals surface area contributed by atoms with E-state index in [1.54, 1.807) is 11.3 Å². The molecule has 0 fully saturated rings. The predicted octanol–water partition coefficient (Wildman–Crippen LogP) is 3.12. The molecule has 38 valence electrons. The van der Waals surface area contributed by atoms with Gasteiger partial charge in [-0.25, -0.2) is 0 Å². The van der Waals surface area contributed by atoms with Gasteiger partial charge in [0.25, 0.3) is 0 Å². The first kappa shape index (κ1) is 6.04. The first-order valence-electron chi connectivity index (χ1n) is 1.70. The molecule has 0 aliphatic rings. The molecule has 1 rings (SSSR count). The van der Waals surface area contributed by atoms with Crippen molar-refractivity contribution in [3.8, 4) is 0 Å². The molecule has 0 saturated carbocycles. The van der Waals surface area contributed by atoms with Gasteiger partial charge in [-0.2, -0.15) is 0 Å². The number of halogens is 2. The van der Waals surface area contributed by atoms with Crippen LogP contribution in [0.1, 0.15) is 0 Å². The maximum atomic E-state index is 3.35. The SMILES string of the molecule is Brc1ccc(I)s1. The Morgan fingerprint density at radius 3 is 2.43 bits per heavy atom. The normalized spacial score (nSPS) is 9.43. The molecule has 7 heavy (non-hydrogen) atoms. The third-order valence-electron chi connectivity index (χ3n) is 0.540. The van der Waals surface area contributed by atoms with E-state index in [1.807, 2.05) is 6.07 Å². The second kappa shape index (κ2) is 2.46. The van der Waals surface area contributed by atoms with Crippen molar-refractivity contribution in [3.63, 3.8) is 0 Å². The topological polar surface area (TPSA) is 0 Å². The summed E-state index contributed by atoms with van der Waals surface area (Å²) in [7, 11) is 0. The molecule has 0 amide bonds. The second-order valence-electron chi connectivity index (χ2n) is 1.04. The summed E-state index contributed by atoms with van der Waals surface area (Å²) in [5.74, 6) is 0. The van der Waals surface area contributed by atoms with Gasteiger partial charge < -0.3 is 0 Å². The largest absolute Gasteiger partial charge is 0.122 e. The van der Waals surface area contributed by atoms with E-state index in [1.165, 1.54) is 6.67 Å². The zero-order chi connectivity index (χ0) is 5.28. The first-order chi connectivity index (χ1) is 3.29. The molecule has 0 unspecified atom stereocenters. The summed E-state index contributed by atoms with van der Waals surface area (Å²) in [6, 6.07) is 4.13. The van der Waals surface area contributed by atoms with Gasteiger partial charge in [0.15, 0.2) is 0 Å². The summed E-state index contributed by atoms with van der Waals surface area (Å²) in [6.07, 6.45) is 0.